The van der Waals surface area contributed by atoms with E-state index in [1.165, 1.54) is 0 Å². The number of thioether (sulfide) groups is 1. The highest BCUT2D eigenvalue weighted by Gasteiger charge is 2.42. The summed E-state index contributed by atoms with van der Waals surface area (Å²) in [5, 5.41) is 8.87. The molecule has 5 N–H and O–H groups in total. The van der Waals surface area contributed by atoms with Crippen LogP contribution >= 0.6 is 11.8 Å². The molecule has 0 aromatic carbocycles. The first-order chi connectivity index (χ1) is 14.6. The van der Waals surface area contributed by atoms with Gasteiger partial charge in [0.1, 0.15) is 5.60 Å². The number of carbonyl (C=O) groups excluding carboxylic acids is 4. The van der Waals surface area contributed by atoms with Crippen LogP contribution in [0.15, 0.2) is 0 Å². The molecule has 0 spiro atoms. The van der Waals surface area contributed by atoms with Gasteiger partial charge in [-0.3, -0.25) is 9.59 Å². The molecule has 2 fully saturated rings. The normalized spacial score (nSPS) is 23.5. The van der Waals surface area contributed by atoms with Gasteiger partial charge in [-0.2, -0.15) is 11.8 Å². The number of urea groups is 1. The maximum atomic E-state index is 12.2. The second-order valence-corrected chi connectivity index (χ2v) is 10.5. The number of ketones is 2. The monoisotopic (exact) mass is 456 g/mol. The lowest BCUT2D eigenvalue weighted by atomic mass is 9.98. The van der Waals surface area contributed by atoms with Crippen LogP contribution in [0, 0.1) is 0 Å². The predicted molar refractivity (Wildman–Crippen MR) is 120 cm³/mol. The van der Waals surface area contributed by atoms with Gasteiger partial charge in [0.05, 0.1) is 18.1 Å². The Bertz CT molecular complexity index is 667. The molecule has 9 nitrogen and oxygen atoms in total. The second-order valence-electron chi connectivity index (χ2n) is 9.19. The van der Waals surface area contributed by atoms with Gasteiger partial charge in [0.2, 0.25) is 5.78 Å². The topological polar surface area (TPSA) is 140 Å². The molecule has 4 atom stereocenters. The number of nitrogens with one attached hydrogen (secondary N) is 3. The second kappa shape index (κ2) is 11.7. The molecule has 0 saturated carbocycles. The molecule has 0 unspecified atom stereocenters. The number of Topliss-reactive ketones (excluding diaryl/α,β-unsaturated/α-hetero) is 2. The largest absolute Gasteiger partial charge is 0.444 e. The molecule has 0 aliphatic carbocycles. The summed E-state index contributed by atoms with van der Waals surface area (Å²) < 4.78 is 5.14. The summed E-state index contributed by atoms with van der Waals surface area (Å²) in [6.07, 6.45) is 3.83. The maximum absolute atomic E-state index is 12.2. The third kappa shape index (κ3) is 8.68. The minimum absolute atomic E-state index is 0.101. The quantitative estimate of drug-likeness (QED) is 0.200. The van der Waals surface area contributed by atoms with Crippen LogP contribution in [0.3, 0.4) is 0 Å². The van der Waals surface area contributed by atoms with Gasteiger partial charge < -0.3 is 26.4 Å². The van der Waals surface area contributed by atoms with Crippen molar-refractivity contribution in [2.45, 2.75) is 94.7 Å². The van der Waals surface area contributed by atoms with Crippen LogP contribution < -0.4 is 21.7 Å². The lowest BCUT2D eigenvalue weighted by molar-refractivity contribution is -0.137. The SMILES string of the molecule is CC(C)(C)OC(=O)NCCCC[C@H](N)C(=O)C(=O)CCCC[C@@H]1SC[C@@H]2NC(=O)N[C@@H]21. The minimum atomic E-state index is -0.792. The third-order valence-corrected chi connectivity index (χ3v) is 6.81. The summed E-state index contributed by atoms with van der Waals surface area (Å²) in [6.45, 7) is 5.82. The average molecular weight is 457 g/mol. The Morgan fingerprint density at radius 2 is 1.94 bits per heavy atom. The van der Waals surface area contributed by atoms with Gasteiger partial charge in [0.25, 0.3) is 0 Å². The van der Waals surface area contributed by atoms with Crippen LogP contribution in [0.5, 0.6) is 0 Å². The van der Waals surface area contributed by atoms with Crippen molar-refractivity contribution in [2.24, 2.45) is 5.73 Å². The first-order valence-corrected chi connectivity index (χ1v) is 12.1. The predicted octanol–water partition coefficient (Wildman–Crippen LogP) is 1.87. The number of alkyl carbamates (subject to hydrolysis) is 1. The Labute approximate surface area is 188 Å². The van der Waals surface area contributed by atoms with E-state index in [0.717, 1.165) is 18.6 Å². The zero-order chi connectivity index (χ0) is 23.0. The number of unbranched alkanes of at least 4 members (excludes halogenated alkanes) is 2. The standard InChI is InChI=1S/C21H36N4O5S/c1-21(2,3)30-20(29)23-11-7-6-8-13(22)18(27)15(26)9-4-5-10-16-17-14(12-31-16)24-19(28)25-17/h13-14,16-17H,4-12,22H2,1-3H3,(H,23,29)(H2,24,25,28)/t13-,14-,16-,17-/m0/s1. The summed E-state index contributed by atoms with van der Waals surface area (Å²) in [7, 11) is 0. The number of carbonyl (C=O) groups is 4. The van der Waals surface area contributed by atoms with Crippen molar-refractivity contribution in [3.05, 3.63) is 0 Å². The van der Waals surface area contributed by atoms with Crippen LogP contribution in [0.1, 0.15) is 65.7 Å². The molecule has 0 bridgehead atoms. The van der Waals surface area contributed by atoms with E-state index in [-0.39, 0.29) is 24.5 Å². The summed E-state index contributed by atoms with van der Waals surface area (Å²) in [5.41, 5.74) is 5.35. The van der Waals surface area contributed by atoms with Gasteiger partial charge in [0, 0.05) is 24.0 Å². The molecule has 2 saturated heterocycles. The number of hydrogen-bond acceptors (Lipinski definition) is 7. The van der Waals surface area contributed by atoms with Crippen molar-refractivity contribution < 1.29 is 23.9 Å². The molecule has 2 heterocycles. The van der Waals surface area contributed by atoms with E-state index in [9.17, 15) is 19.2 Å². The van der Waals surface area contributed by atoms with Crippen molar-refractivity contribution in [2.75, 3.05) is 12.3 Å². The van der Waals surface area contributed by atoms with Crippen LogP contribution in [-0.2, 0) is 14.3 Å². The summed E-state index contributed by atoms with van der Waals surface area (Å²) in [6, 6.07) is -0.535. The third-order valence-electron chi connectivity index (χ3n) is 5.30. The van der Waals surface area contributed by atoms with Gasteiger partial charge in [-0.15, -0.1) is 0 Å². The molecular weight excluding hydrogens is 420 g/mol. The Morgan fingerprint density at radius 3 is 2.65 bits per heavy atom. The molecule has 10 heteroatoms. The Hall–Kier alpha value is -1.81. The van der Waals surface area contributed by atoms with Crippen LogP contribution in [0.4, 0.5) is 9.59 Å². The van der Waals surface area contributed by atoms with E-state index in [4.69, 9.17) is 10.5 Å². The van der Waals surface area contributed by atoms with Gasteiger partial charge >= 0.3 is 12.1 Å². The smallest absolute Gasteiger partial charge is 0.407 e. The van der Waals surface area contributed by atoms with E-state index in [1.54, 1.807) is 20.8 Å². The summed E-state index contributed by atoms with van der Waals surface area (Å²) in [5.74, 6) is -0.0111. The molecule has 2 rings (SSSR count). The first kappa shape index (κ1) is 25.5. The molecule has 0 aromatic rings. The zero-order valence-electron chi connectivity index (χ0n) is 18.7. The maximum Gasteiger partial charge on any atom is 0.407 e. The number of amides is 3. The van der Waals surface area contributed by atoms with E-state index >= 15 is 0 Å². The highest BCUT2D eigenvalue weighted by molar-refractivity contribution is 8.00. The fraction of sp³-hybridized carbons (Fsp3) is 0.810. The summed E-state index contributed by atoms with van der Waals surface area (Å²) in [4.78, 5) is 47.3. The molecule has 2 aliphatic heterocycles. The molecule has 176 valence electrons. The van der Waals surface area contributed by atoms with Crippen molar-refractivity contribution in [1.29, 1.82) is 0 Å². The van der Waals surface area contributed by atoms with E-state index in [2.05, 4.69) is 16.0 Å². The van der Waals surface area contributed by atoms with Gasteiger partial charge in [-0.25, -0.2) is 9.59 Å². The molecule has 0 aromatic heterocycles. The lowest BCUT2D eigenvalue weighted by Gasteiger charge is -2.19. The molecule has 3 amide bonds. The van der Waals surface area contributed by atoms with E-state index < -0.39 is 29.3 Å². The highest BCUT2D eigenvalue weighted by Crippen LogP contribution is 2.33. The van der Waals surface area contributed by atoms with Crippen LogP contribution in [0.25, 0.3) is 0 Å². The van der Waals surface area contributed by atoms with E-state index in [1.807, 2.05) is 11.8 Å². The molecule has 2 aliphatic rings. The first-order valence-electron chi connectivity index (χ1n) is 11.0. The molecular formula is C21H36N4O5S. The molecule has 31 heavy (non-hydrogen) atoms. The van der Waals surface area contributed by atoms with Crippen LogP contribution in [0.2, 0.25) is 0 Å². The minimum Gasteiger partial charge on any atom is -0.444 e. The Morgan fingerprint density at radius 1 is 1.19 bits per heavy atom. The number of ether oxygens (including phenoxy) is 1. The van der Waals surface area contributed by atoms with Crippen molar-refractivity contribution in [1.82, 2.24) is 16.0 Å². The summed E-state index contributed by atoms with van der Waals surface area (Å²) >= 11 is 1.84. The van der Waals surface area contributed by atoms with Gasteiger partial charge in [-0.05, 0) is 52.9 Å². The lowest BCUT2D eigenvalue weighted by Crippen LogP contribution is -2.37. The highest BCUT2D eigenvalue weighted by atomic mass is 32.2. The van der Waals surface area contributed by atoms with Gasteiger partial charge in [0.15, 0.2) is 5.78 Å². The fourth-order valence-electron chi connectivity index (χ4n) is 3.73. The van der Waals surface area contributed by atoms with Crippen molar-refractivity contribution >= 4 is 35.5 Å². The van der Waals surface area contributed by atoms with Crippen LogP contribution in [-0.4, -0.2) is 65.0 Å². The Balaban J connectivity index is 1.53. The van der Waals surface area contributed by atoms with Crippen molar-refractivity contribution in [3.63, 3.8) is 0 Å². The molecule has 0 radical (unpaired) electrons. The zero-order valence-corrected chi connectivity index (χ0v) is 19.5. The average Bonchev–Trinajstić information content (AvgIpc) is 3.21. The number of rotatable bonds is 12. The van der Waals surface area contributed by atoms with Crippen molar-refractivity contribution in [3.8, 4) is 0 Å². The number of fused-ring (bicyclic) bond motifs is 1. The number of nitrogens with two attached hydrogens (primary N) is 1. The van der Waals surface area contributed by atoms with Gasteiger partial charge in [-0.1, -0.05) is 6.42 Å². The Kier molecular flexibility index (Phi) is 9.61. The van der Waals surface area contributed by atoms with E-state index in [0.29, 0.717) is 37.5 Å². The fourth-order valence-corrected chi connectivity index (χ4v) is 5.27. The number of hydrogen-bond donors (Lipinski definition) is 4.